The molecule has 0 saturated carbocycles. The molecule has 0 spiro atoms. The summed E-state index contributed by atoms with van der Waals surface area (Å²) in [5, 5.41) is 0. The van der Waals surface area contributed by atoms with Crippen LogP contribution in [-0.2, 0) is 9.53 Å². The quantitative estimate of drug-likeness (QED) is 0.829. The number of hydrogen-bond donors (Lipinski definition) is 0. The van der Waals surface area contributed by atoms with Gasteiger partial charge in [-0.3, -0.25) is 4.79 Å². The zero-order valence-corrected chi connectivity index (χ0v) is 16.7. The summed E-state index contributed by atoms with van der Waals surface area (Å²) in [6.07, 6.45) is 1.63. The van der Waals surface area contributed by atoms with Crippen LogP contribution in [0.3, 0.4) is 0 Å². The van der Waals surface area contributed by atoms with Gasteiger partial charge in [0.15, 0.2) is 0 Å². The maximum Gasteiger partial charge on any atom is 0.226 e. The highest BCUT2D eigenvalue weighted by atomic mass is 16.5. The molecule has 0 unspecified atom stereocenters. The molecule has 3 rings (SSSR count). The Balaban J connectivity index is 1.73. The lowest BCUT2D eigenvalue weighted by Gasteiger charge is -2.49. The van der Waals surface area contributed by atoms with E-state index in [4.69, 9.17) is 9.47 Å². The average molecular weight is 360 g/mol. The lowest BCUT2D eigenvalue weighted by Crippen LogP contribution is -2.62. The Labute approximate surface area is 157 Å². The molecule has 5 heteroatoms. The number of piperazine rings is 1. The van der Waals surface area contributed by atoms with Crippen molar-refractivity contribution >= 4 is 11.6 Å². The maximum atomic E-state index is 13.1. The average Bonchev–Trinajstić information content (AvgIpc) is 2.59. The van der Waals surface area contributed by atoms with E-state index in [1.165, 1.54) is 0 Å². The highest BCUT2D eigenvalue weighted by Gasteiger charge is 2.40. The SMILES string of the molecule is COc1ccccc1N1CCN(C(=O)[C@H]2CCOC(C)(C)C2)CC1(C)C. The first kappa shape index (κ1) is 19.0. The van der Waals surface area contributed by atoms with E-state index in [0.29, 0.717) is 6.61 Å². The monoisotopic (exact) mass is 360 g/mol. The third kappa shape index (κ3) is 3.83. The van der Waals surface area contributed by atoms with Gasteiger partial charge in [0.05, 0.1) is 23.9 Å². The van der Waals surface area contributed by atoms with Crippen molar-refractivity contribution in [1.29, 1.82) is 0 Å². The van der Waals surface area contributed by atoms with Gasteiger partial charge in [-0.15, -0.1) is 0 Å². The van der Waals surface area contributed by atoms with Crippen LogP contribution in [0.2, 0.25) is 0 Å². The fraction of sp³-hybridized carbons (Fsp3) is 0.667. The predicted molar refractivity (Wildman–Crippen MR) is 104 cm³/mol. The molecule has 1 aromatic rings. The van der Waals surface area contributed by atoms with Gasteiger partial charge in [0.25, 0.3) is 0 Å². The summed E-state index contributed by atoms with van der Waals surface area (Å²) in [7, 11) is 1.71. The number of benzene rings is 1. The minimum Gasteiger partial charge on any atom is -0.495 e. The van der Waals surface area contributed by atoms with Gasteiger partial charge in [-0.1, -0.05) is 12.1 Å². The standard InChI is InChI=1S/C21H32N2O3/c1-20(2)15-22(19(24)16-10-13-26-21(3,4)14-16)11-12-23(20)17-8-6-7-9-18(17)25-5/h6-9,16H,10-15H2,1-5H3/t16-/m0/s1. The molecule has 2 heterocycles. The Morgan fingerprint density at radius 3 is 2.58 bits per heavy atom. The van der Waals surface area contributed by atoms with Crippen molar-refractivity contribution in [1.82, 2.24) is 4.90 Å². The Hall–Kier alpha value is -1.75. The highest BCUT2D eigenvalue weighted by molar-refractivity contribution is 5.79. The third-order valence-electron chi connectivity index (χ3n) is 5.64. The molecule has 2 saturated heterocycles. The topological polar surface area (TPSA) is 42.0 Å². The molecule has 1 atom stereocenters. The van der Waals surface area contributed by atoms with E-state index < -0.39 is 0 Å². The fourth-order valence-corrected chi connectivity index (χ4v) is 4.34. The normalized spacial score (nSPS) is 25.0. The van der Waals surface area contributed by atoms with Gasteiger partial charge >= 0.3 is 0 Å². The number of amides is 1. The van der Waals surface area contributed by atoms with E-state index in [1.54, 1.807) is 7.11 Å². The first-order chi connectivity index (χ1) is 12.2. The van der Waals surface area contributed by atoms with Crippen LogP contribution in [0.4, 0.5) is 5.69 Å². The van der Waals surface area contributed by atoms with Crippen LogP contribution >= 0.6 is 0 Å². The largest absolute Gasteiger partial charge is 0.495 e. The lowest BCUT2D eigenvalue weighted by atomic mass is 9.86. The summed E-state index contributed by atoms with van der Waals surface area (Å²) in [6, 6.07) is 8.11. The zero-order chi connectivity index (χ0) is 18.9. The summed E-state index contributed by atoms with van der Waals surface area (Å²) in [5.74, 6) is 1.24. The number of carbonyl (C=O) groups excluding carboxylic acids is 1. The summed E-state index contributed by atoms with van der Waals surface area (Å²) in [6.45, 7) is 11.5. The number of anilines is 1. The van der Waals surface area contributed by atoms with Crippen molar-refractivity contribution in [3.63, 3.8) is 0 Å². The number of methoxy groups -OCH3 is 1. The van der Waals surface area contributed by atoms with Gasteiger partial charge in [0.2, 0.25) is 5.91 Å². The second kappa shape index (κ2) is 7.10. The van der Waals surface area contributed by atoms with Crippen molar-refractivity contribution in [3.8, 4) is 5.75 Å². The van der Waals surface area contributed by atoms with Crippen LogP contribution in [0.1, 0.15) is 40.5 Å². The minimum atomic E-state index is -0.201. The number of para-hydroxylation sites is 2. The van der Waals surface area contributed by atoms with Crippen molar-refractivity contribution in [3.05, 3.63) is 24.3 Å². The summed E-state index contributed by atoms with van der Waals surface area (Å²) in [4.78, 5) is 17.5. The molecule has 0 aliphatic carbocycles. The number of nitrogens with zero attached hydrogens (tertiary/aromatic N) is 2. The molecular formula is C21H32N2O3. The van der Waals surface area contributed by atoms with Crippen LogP contribution < -0.4 is 9.64 Å². The van der Waals surface area contributed by atoms with Gasteiger partial charge in [0, 0.05) is 32.2 Å². The van der Waals surface area contributed by atoms with Crippen LogP contribution in [0.15, 0.2) is 24.3 Å². The van der Waals surface area contributed by atoms with E-state index >= 15 is 0 Å². The van der Waals surface area contributed by atoms with E-state index in [2.05, 4.69) is 43.6 Å². The molecular weight excluding hydrogens is 328 g/mol. The Bertz CT molecular complexity index is 656. The fourth-order valence-electron chi connectivity index (χ4n) is 4.34. The van der Waals surface area contributed by atoms with Gasteiger partial charge in [0.1, 0.15) is 5.75 Å². The second-order valence-electron chi connectivity index (χ2n) is 8.69. The van der Waals surface area contributed by atoms with Crippen LogP contribution in [0, 0.1) is 5.92 Å². The molecule has 26 heavy (non-hydrogen) atoms. The van der Waals surface area contributed by atoms with E-state index in [0.717, 1.165) is 43.9 Å². The Kier molecular flexibility index (Phi) is 5.20. The van der Waals surface area contributed by atoms with E-state index in [9.17, 15) is 4.79 Å². The van der Waals surface area contributed by atoms with Gasteiger partial charge in [-0.2, -0.15) is 0 Å². The van der Waals surface area contributed by atoms with E-state index in [1.807, 2.05) is 18.2 Å². The molecule has 2 fully saturated rings. The van der Waals surface area contributed by atoms with Crippen LogP contribution in [-0.4, -0.2) is 55.3 Å². The number of ether oxygens (including phenoxy) is 2. The molecule has 0 radical (unpaired) electrons. The summed E-state index contributed by atoms with van der Waals surface area (Å²) < 4.78 is 11.3. The van der Waals surface area contributed by atoms with Crippen molar-refractivity contribution in [2.75, 3.05) is 38.3 Å². The highest BCUT2D eigenvalue weighted by Crippen LogP contribution is 2.36. The smallest absolute Gasteiger partial charge is 0.226 e. The van der Waals surface area contributed by atoms with Crippen molar-refractivity contribution < 1.29 is 14.3 Å². The second-order valence-corrected chi connectivity index (χ2v) is 8.69. The van der Waals surface area contributed by atoms with E-state index in [-0.39, 0.29) is 23.0 Å². The van der Waals surface area contributed by atoms with Gasteiger partial charge in [-0.25, -0.2) is 0 Å². The number of hydrogen-bond acceptors (Lipinski definition) is 4. The van der Waals surface area contributed by atoms with Crippen molar-refractivity contribution in [2.45, 2.75) is 51.7 Å². The molecule has 1 aromatic carbocycles. The molecule has 2 aliphatic heterocycles. The summed E-state index contributed by atoms with van der Waals surface area (Å²) in [5.41, 5.74) is 0.746. The molecule has 144 valence electrons. The van der Waals surface area contributed by atoms with Crippen LogP contribution in [0.25, 0.3) is 0 Å². The zero-order valence-electron chi connectivity index (χ0n) is 16.7. The molecule has 5 nitrogen and oxygen atoms in total. The number of rotatable bonds is 3. The lowest BCUT2D eigenvalue weighted by molar-refractivity contribution is -0.146. The predicted octanol–water partition coefficient (Wildman–Crippen LogP) is 3.33. The van der Waals surface area contributed by atoms with Crippen molar-refractivity contribution in [2.24, 2.45) is 5.92 Å². The first-order valence-electron chi connectivity index (χ1n) is 9.57. The first-order valence-corrected chi connectivity index (χ1v) is 9.57. The summed E-state index contributed by atoms with van der Waals surface area (Å²) >= 11 is 0. The van der Waals surface area contributed by atoms with Gasteiger partial charge in [-0.05, 0) is 52.7 Å². The minimum absolute atomic E-state index is 0.0763. The van der Waals surface area contributed by atoms with Crippen LogP contribution in [0.5, 0.6) is 5.75 Å². The Morgan fingerprint density at radius 2 is 1.92 bits per heavy atom. The molecule has 2 aliphatic rings. The third-order valence-corrected chi connectivity index (χ3v) is 5.64. The molecule has 0 N–H and O–H groups in total. The number of carbonyl (C=O) groups is 1. The molecule has 0 aromatic heterocycles. The molecule has 0 bridgehead atoms. The van der Waals surface area contributed by atoms with Gasteiger partial charge < -0.3 is 19.3 Å². The maximum absolute atomic E-state index is 13.1. The Morgan fingerprint density at radius 1 is 1.19 bits per heavy atom. The molecule has 1 amide bonds.